The fourth-order valence-electron chi connectivity index (χ4n) is 1.58. The lowest BCUT2D eigenvalue weighted by Crippen LogP contribution is -2.30. The fraction of sp³-hybridized carbons (Fsp3) is 0.500. The first kappa shape index (κ1) is 11.4. The smallest absolute Gasteiger partial charge is 0.0541 e. The van der Waals surface area contributed by atoms with Crippen molar-refractivity contribution in [3.05, 3.63) is 30.1 Å². The average molecular weight is 214 g/mol. The van der Waals surface area contributed by atoms with Gasteiger partial charge in [0.1, 0.15) is 0 Å². The van der Waals surface area contributed by atoms with Gasteiger partial charge in [0, 0.05) is 25.3 Å². The Labute approximate surface area is 90.7 Å². The third-order valence-corrected chi connectivity index (χ3v) is 2.36. The Morgan fingerprint density at radius 2 is 2.43 bits per heavy atom. The van der Waals surface area contributed by atoms with Crippen LogP contribution in [0.5, 0.6) is 0 Å². The Balaban J connectivity index is 0.000000980. The number of halogens is 1. The minimum absolute atomic E-state index is 0. The number of hydrogen-bond donors (Lipinski definition) is 2. The van der Waals surface area contributed by atoms with Gasteiger partial charge < -0.3 is 10.6 Å². The summed E-state index contributed by atoms with van der Waals surface area (Å²) in [6, 6.07) is 6.65. The summed E-state index contributed by atoms with van der Waals surface area (Å²) >= 11 is 0. The van der Waals surface area contributed by atoms with E-state index in [2.05, 4.69) is 21.7 Å². The minimum atomic E-state index is 0. The summed E-state index contributed by atoms with van der Waals surface area (Å²) in [5.74, 6) is 0. The molecule has 2 N–H and O–H groups in total. The zero-order chi connectivity index (χ0) is 8.93. The van der Waals surface area contributed by atoms with Gasteiger partial charge in [0.15, 0.2) is 0 Å². The van der Waals surface area contributed by atoms with Gasteiger partial charge in [-0.05, 0) is 25.1 Å². The summed E-state index contributed by atoms with van der Waals surface area (Å²) in [7, 11) is 0. The maximum absolute atomic E-state index is 4.26. The normalized spacial score (nSPS) is 20.4. The van der Waals surface area contributed by atoms with Gasteiger partial charge in [-0.1, -0.05) is 6.07 Å². The lowest BCUT2D eigenvalue weighted by Gasteiger charge is -2.09. The van der Waals surface area contributed by atoms with E-state index in [1.165, 1.54) is 6.42 Å². The lowest BCUT2D eigenvalue weighted by atomic mass is 10.2. The van der Waals surface area contributed by atoms with Crippen LogP contribution in [0.4, 0.5) is 0 Å². The second-order valence-electron chi connectivity index (χ2n) is 3.39. The predicted octanol–water partition coefficient (Wildman–Crippen LogP) is 0.955. The molecule has 14 heavy (non-hydrogen) atoms. The Morgan fingerprint density at radius 1 is 1.50 bits per heavy atom. The molecule has 0 saturated carbocycles. The van der Waals surface area contributed by atoms with E-state index in [1.54, 1.807) is 0 Å². The van der Waals surface area contributed by atoms with Crippen LogP contribution >= 0.6 is 12.4 Å². The van der Waals surface area contributed by atoms with E-state index >= 15 is 0 Å². The van der Waals surface area contributed by atoms with Crippen LogP contribution in [0, 0.1) is 0 Å². The number of nitrogens with one attached hydrogen (secondary N) is 2. The van der Waals surface area contributed by atoms with Crippen LogP contribution in [0.1, 0.15) is 12.1 Å². The molecule has 78 valence electrons. The van der Waals surface area contributed by atoms with Crippen LogP contribution in [0.3, 0.4) is 0 Å². The van der Waals surface area contributed by atoms with Gasteiger partial charge in [0.2, 0.25) is 0 Å². The molecule has 4 heteroatoms. The molecule has 1 aromatic rings. The molecule has 0 spiro atoms. The van der Waals surface area contributed by atoms with Crippen LogP contribution < -0.4 is 10.6 Å². The maximum atomic E-state index is 4.26. The molecule has 1 saturated heterocycles. The van der Waals surface area contributed by atoms with Crippen molar-refractivity contribution in [2.45, 2.75) is 19.0 Å². The summed E-state index contributed by atoms with van der Waals surface area (Å²) in [4.78, 5) is 4.26. The Kier molecular flexibility index (Phi) is 4.87. The maximum Gasteiger partial charge on any atom is 0.0541 e. The van der Waals surface area contributed by atoms with Crippen molar-refractivity contribution in [1.82, 2.24) is 15.6 Å². The molecule has 1 atom stereocenters. The lowest BCUT2D eigenvalue weighted by molar-refractivity contribution is 0.542. The highest BCUT2D eigenvalue weighted by atomic mass is 35.5. The van der Waals surface area contributed by atoms with Gasteiger partial charge in [-0.3, -0.25) is 4.98 Å². The molecule has 0 unspecified atom stereocenters. The molecule has 0 aliphatic carbocycles. The highest BCUT2D eigenvalue weighted by Gasteiger charge is 2.12. The first-order valence-electron chi connectivity index (χ1n) is 4.79. The van der Waals surface area contributed by atoms with Crippen LogP contribution in [-0.4, -0.2) is 24.1 Å². The Bertz CT molecular complexity index is 247. The van der Waals surface area contributed by atoms with Crippen LogP contribution in [0.25, 0.3) is 0 Å². The van der Waals surface area contributed by atoms with E-state index in [4.69, 9.17) is 0 Å². The molecule has 1 fully saturated rings. The molecule has 1 aliphatic rings. The van der Waals surface area contributed by atoms with Crippen molar-refractivity contribution in [1.29, 1.82) is 0 Å². The molecular weight excluding hydrogens is 198 g/mol. The zero-order valence-corrected chi connectivity index (χ0v) is 8.89. The van der Waals surface area contributed by atoms with E-state index in [1.807, 2.05) is 18.3 Å². The van der Waals surface area contributed by atoms with Crippen LogP contribution in [0.2, 0.25) is 0 Å². The number of pyridine rings is 1. The Hall–Kier alpha value is -0.640. The second-order valence-corrected chi connectivity index (χ2v) is 3.39. The number of rotatable bonds is 3. The topological polar surface area (TPSA) is 37.0 Å². The van der Waals surface area contributed by atoms with E-state index in [0.717, 1.165) is 25.3 Å². The van der Waals surface area contributed by atoms with E-state index in [9.17, 15) is 0 Å². The second kappa shape index (κ2) is 5.96. The quantitative estimate of drug-likeness (QED) is 0.786. The molecule has 0 radical (unpaired) electrons. The predicted molar refractivity (Wildman–Crippen MR) is 59.6 cm³/mol. The third kappa shape index (κ3) is 3.25. The van der Waals surface area contributed by atoms with Gasteiger partial charge in [-0.25, -0.2) is 0 Å². The van der Waals surface area contributed by atoms with Crippen LogP contribution in [0.15, 0.2) is 24.4 Å². The fourth-order valence-corrected chi connectivity index (χ4v) is 1.58. The minimum Gasteiger partial charge on any atom is -0.315 e. The highest BCUT2D eigenvalue weighted by Crippen LogP contribution is 1.99. The zero-order valence-electron chi connectivity index (χ0n) is 8.07. The standard InChI is InChI=1S/C10H15N3.ClH/c1-2-5-12-9(3-1)8-13-10-4-6-11-7-10;/h1-3,5,10-11,13H,4,6-8H2;1H/t10-;/m1./s1. The molecule has 1 aromatic heterocycles. The first-order chi connectivity index (χ1) is 6.45. The van der Waals surface area contributed by atoms with Crippen molar-refractivity contribution >= 4 is 12.4 Å². The van der Waals surface area contributed by atoms with Crippen molar-refractivity contribution in [2.24, 2.45) is 0 Å². The van der Waals surface area contributed by atoms with Crippen molar-refractivity contribution in [2.75, 3.05) is 13.1 Å². The summed E-state index contributed by atoms with van der Waals surface area (Å²) in [6.45, 7) is 3.11. The van der Waals surface area contributed by atoms with Gasteiger partial charge in [0.25, 0.3) is 0 Å². The highest BCUT2D eigenvalue weighted by molar-refractivity contribution is 5.85. The monoisotopic (exact) mass is 213 g/mol. The first-order valence-corrected chi connectivity index (χ1v) is 4.79. The van der Waals surface area contributed by atoms with E-state index in [-0.39, 0.29) is 12.4 Å². The third-order valence-electron chi connectivity index (χ3n) is 2.36. The van der Waals surface area contributed by atoms with Crippen molar-refractivity contribution in [3.63, 3.8) is 0 Å². The summed E-state index contributed by atoms with van der Waals surface area (Å²) in [5, 5.41) is 6.80. The van der Waals surface area contributed by atoms with Crippen molar-refractivity contribution < 1.29 is 0 Å². The number of aromatic nitrogens is 1. The molecule has 2 rings (SSSR count). The van der Waals surface area contributed by atoms with Gasteiger partial charge in [-0.15, -0.1) is 12.4 Å². The molecular formula is C10H16ClN3. The molecule has 2 heterocycles. The summed E-state index contributed by atoms with van der Waals surface area (Å²) in [6.07, 6.45) is 3.07. The molecule has 0 amide bonds. The van der Waals surface area contributed by atoms with Gasteiger partial charge >= 0.3 is 0 Å². The molecule has 1 aliphatic heterocycles. The number of nitrogens with zero attached hydrogens (tertiary/aromatic N) is 1. The molecule has 0 aromatic carbocycles. The van der Waals surface area contributed by atoms with E-state index < -0.39 is 0 Å². The van der Waals surface area contributed by atoms with E-state index in [0.29, 0.717) is 6.04 Å². The van der Waals surface area contributed by atoms with Gasteiger partial charge in [-0.2, -0.15) is 0 Å². The Morgan fingerprint density at radius 3 is 3.07 bits per heavy atom. The number of hydrogen-bond acceptors (Lipinski definition) is 3. The summed E-state index contributed by atoms with van der Waals surface area (Å²) < 4.78 is 0. The largest absolute Gasteiger partial charge is 0.315 e. The average Bonchev–Trinajstić information content (AvgIpc) is 2.69. The van der Waals surface area contributed by atoms with Crippen molar-refractivity contribution in [3.8, 4) is 0 Å². The molecule has 3 nitrogen and oxygen atoms in total. The molecule has 0 bridgehead atoms. The SMILES string of the molecule is Cl.c1ccc(CN[C@@H]2CCNC2)nc1. The van der Waals surface area contributed by atoms with Gasteiger partial charge in [0.05, 0.1) is 5.69 Å². The van der Waals surface area contributed by atoms with Crippen LogP contribution in [-0.2, 0) is 6.54 Å². The summed E-state index contributed by atoms with van der Waals surface area (Å²) in [5.41, 5.74) is 1.12.